The lowest BCUT2D eigenvalue weighted by atomic mass is 10.1. The molecule has 0 saturated heterocycles. The van der Waals surface area contributed by atoms with Crippen molar-refractivity contribution >= 4 is 52.3 Å². The molecular formula is C18H31IN6O2S. The third-order valence-corrected chi connectivity index (χ3v) is 4.19. The van der Waals surface area contributed by atoms with Gasteiger partial charge < -0.3 is 20.7 Å². The number of nitrogens with one attached hydrogen (secondary N) is 3. The summed E-state index contributed by atoms with van der Waals surface area (Å²) in [6, 6.07) is 0. The van der Waals surface area contributed by atoms with Crippen molar-refractivity contribution in [3.05, 3.63) is 23.5 Å². The van der Waals surface area contributed by atoms with E-state index in [4.69, 9.17) is 4.74 Å². The standard InChI is InChI=1S/C18H30N6O2S.HI/c1-7-19-14(20-10-13-11-24-8-9-27-15(24)22-13)21-12-18(5,6)23-16(25)26-17(2,3)4;/h8-9,11H,7,10,12H2,1-6H3,(H,23,25)(H2,19,20,21);1H. The van der Waals surface area contributed by atoms with Crippen LogP contribution in [-0.4, -0.2) is 45.7 Å². The van der Waals surface area contributed by atoms with Crippen molar-refractivity contribution in [3.63, 3.8) is 0 Å². The first-order valence-corrected chi connectivity index (χ1v) is 9.90. The van der Waals surface area contributed by atoms with Gasteiger partial charge in [0.2, 0.25) is 0 Å². The Morgan fingerprint density at radius 1 is 1.29 bits per heavy atom. The van der Waals surface area contributed by atoms with E-state index >= 15 is 0 Å². The number of guanidine groups is 1. The Balaban J connectivity index is 0.00000392. The minimum absolute atomic E-state index is 0. The van der Waals surface area contributed by atoms with Crippen LogP contribution in [0.4, 0.5) is 4.79 Å². The number of thiazole rings is 1. The monoisotopic (exact) mass is 522 g/mol. The SMILES string of the molecule is CCNC(=NCc1cn2ccsc2n1)NCC(C)(C)NC(=O)OC(C)(C)C.I. The summed E-state index contributed by atoms with van der Waals surface area (Å²) in [6.45, 7) is 13.1. The van der Waals surface area contributed by atoms with Crippen LogP contribution >= 0.6 is 35.3 Å². The molecule has 2 aromatic rings. The highest BCUT2D eigenvalue weighted by atomic mass is 127. The van der Waals surface area contributed by atoms with Gasteiger partial charge in [0.15, 0.2) is 10.9 Å². The fourth-order valence-electron chi connectivity index (χ4n) is 2.28. The average molecular weight is 522 g/mol. The summed E-state index contributed by atoms with van der Waals surface area (Å²) in [6.07, 6.45) is 3.52. The first-order valence-electron chi connectivity index (χ1n) is 9.02. The molecule has 0 bridgehead atoms. The van der Waals surface area contributed by atoms with Crippen LogP contribution in [-0.2, 0) is 11.3 Å². The molecule has 0 spiro atoms. The maximum Gasteiger partial charge on any atom is 0.408 e. The number of amides is 1. The van der Waals surface area contributed by atoms with Gasteiger partial charge in [0.1, 0.15) is 5.60 Å². The molecule has 0 unspecified atom stereocenters. The van der Waals surface area contributed by atoms with Crippen molar-refractivity contribution in [2.75, 3.05) is 13.1 Å². The zero-order valence-electron chi connectivity index (χ0n) is 17.3. The summed E-state index contributed by atoms with van der Waals surface area (Å²) < 4.78 is 7.31. The van der Waals surface area contributed by atoms with Gasteiger partial charge in [-0.05, 0) is 41.5 Å². The van der Waals surface area contributed by atoms with E-state index in [1.807, 2.05) is 63.7 Å². The number of hydrogen-bond donors (Lipinski definition) is 3. The fourth-order valence-corrected chi connectivity index (χ4v) is 3.00. The van der Waals surface area contributed by atoms with Crippen molar-refractivity contribution in [1.82, 2.24) is 25.3 Å². The Morgan fingerprint density at radius 2 is 2.00 bits per heavy atom. The number of carbonyl (C=O) groups excluding carboxylic acids is 1. The number of carbonyl (C=O) groups is 1. The minimum Gasteiger partial charge on any atom is -0.444 e. The van der Waals surface area contributed by atoms with Crippen molar-refractivity contribution < 1.29 is 9.53 Å². The van der Waals surface area contributed by atoms with Crippen molar-refractivity contribution in [1.29, 1.82) is 0 Å². The first-order chi connectivity index (χ1) is 12.6. The molecular weight excluding hydrogens is 491 g/mol. The number of aliphatic imine (C=N–C) groups is 1. The van der Waals surface area contributed by atoms with Gasteiger partial charge in [-0.15, -0.1) is 35.3 Å². The minimum atomic E-state index is -0.526. The van der Waals surface area contributed by atoms with Crippen LogP contribution in [0, 0.1) is 0 Å². The maximum absolute atomic E-state index is 12.0. The van der Waals surface area contributed by atoms with Gasteiger partial charge in [-0.2, -0.15) is 0 Å². The van der Waals surface area contributed by atoms with Crippen LogP contribution < -0.4 is 16.0 Å². The second-order valence-corrected chi connectivity index (χ2v) is 8.76. The summed E-state index contributed by atoms with van der Waals surface area (Å²) in [5.41, 5.74) is -0.122. The second-order valence-electron chi connectivity index (χ2n) is 7.88. The average Bonchev–Trinajstić information content (AvgIpc) is 3.08. The molecule has 0 fully saturated rings. The Bertz CT molecular complexity index is 765. The Morgan fingerprint density at radius 3 is 2.61 bits per heavy atom. The zero-order valence-corrected chi connectivity index (χ0v) is 20.5. The predicted molar refractivity (Wildman–Crippen MR) is 125 cm³/mol. The predicted octanol–water partition coefficient (Wildman–Crippen LogP) is 3.37. The molecule has 0 aliphatic heterocycles. The molecule has 0 aliphatic carbocycles. The number of nitrogens with zero attached hydrogens (tertiary/aromatic N) is 3. The largest absolute Gasteiger partial charge is 0.444 e. The van der Waals surface area contributed by atoms with Gasteiger partial charge in [0, 0.05) is 30.9 Å². The molecule has 3 N–H and O–H groups in total. The second kappa shape index (κ2) is 10.3. The summed E-state index contributed by atoms with van der Waals surface area (Å²) >= 11 is 1.60. The van der Waals surface area contributed by atoms with Gasteiger partial charge >= 0.3 is 6.09 Å². The van der Waals surface area contributed by atoms with E-state index in [-0.39, 0.29) is 24.0 Å². The van der Waals surface area contributed by atoms with Crippen LogP contribution in [0.2, 0.25) is 0 Å². The van der Waals surface area contributed by atoms with Crippen LogP contribution in [0.25, 0.3) is 4.96 Å². The smallest absolute Gasteiger partial charge is 0.408 e. The van der Waals surface area contributed by atoms with Gasteiger partial charge in [-0.25, -0.2) is 14.8 Å². The molecule has 0 aliphatic rings. The number of ether oxygens (including phenoxy) is 1. The van der Waals surface area contributed by atoms with Gasteiger partial charge in [-0.1, -0.05) is 0 Å². The van der Waals surface area contributed by atoms with Crippen LogP contribution in [0.1, 0.15) is 47.2 Å². The molecule has 10 heteroatoms. The van der Waals surface area contributed by atoms with E-state index < -0.39 is 17.2 Å². The highest BCUT2D eigenvalue weighted by Gasteiger charge is 2.24. The maximum atomic E-state index is 12.0. The van der Waals surface area contributed by atoms with Crippen molar-refractivity contribution in [2.24, 2.45) is 4.99 Å². The molecule has 0 saturated carbocycles. The lowest BCUT2D eigenvalue weighted by molar-refractivity contribution is 0.0474. The molecule has 2 rings (SSSR count). The van der Waals surface area contributed by atoms with Gasteiger partial charge in [0.05, 0.1) is 17.8 Å². The van der Waals surface area contributed by atoms with E-state index in [0.717, 1.165) is 17.2 Å². The number of halogens is 1. The van der Waals surface area contributed by atoms with E-state index in [0.29, 0.717) is 19.0 Å². The van der Waals surface area contributed by atoms with Crippen LogP contribution in [0.15, 0.2) is 22.8 Å². The number of aromatic nitrogens is 2. The molecule has 8 nitrogen and oxygen atoms in total. The lowest BCUT2D eigenvalue weighted by Gasteiger charge is -2.29. The molecule has 0 atom stereocenters. The third kappa shape index (κ3) is 8.21. The molecule has 28 heavy (non-hydrogen) atoms. The summed E-state index contributed by atoms with van der Waals surface area (Å²) in [5, 5.41) is 11.3. The first kappa shape index (κ1) is 24.5. The summed E-state index contributed by atoms with van der Waals surface area (Å²) in [4.78, 5) is 22.1. The number of fused-ring (bicyclic) bond motifs is 1. The molecule has 0 aromatic carbocycles. The number of hydrogen-bond acceptors (Lipinski definition) is 5. The van der Waals surface area contributed by atoms with E-state index in [1.165, 1.54) is 0 Å². The normalized spacial score (nSPS) is 12.4. The zero-order chi connectivity index (χ0) is 20.1. The van der Waals surface area contributed by atoms with E-state index in [1.54, 1.807) is 11.3 Å². The number of alkyl carbamates (subject to hydrolysis) is 1. The van der Waals surface area contributed by atoms with E-state index in [9.17, 15) is 4.79 Å². The van der Waals surface area contributed by atoms with Crippen molar-refractivity contribution in [2.45, 2.75) is 59.2 Å². The molecule has 0 radical (unpaired) electrons. The molecule has 2 aromatic heterocycles. The van der Waals surface area contributed by atoms with Crippen molar-refractivity contribution in [3.8, 4) is 0 Å². The Kier molecular flexibility index (Phi) is 8.99. The quantitative estimate of drug-likeness (QED) is 0.308. The summed E-state index contributed by atoms with van der Waals surface area (Å²) in [5.74, 6) is 0.674. The fraction of sp³-hybridized carbons (Fsp3) is 0.611. The Hall–Kier alpha value is -1.56. The number of imidazole rings is 1. The van der Waals surface area contributed by atoms with Crippen LogP contribution in [0.3, 0.4) is 0 Å². The summed E-state index contributed by atoms with van der Waals surface area (Å²) in [7, 11) is 0. The highest BCUT2D eigenvalue weighted by molar-refractivity contribution is 14.0. The number of rotatable bonds is 6. The third-order valence-electron chi connectivity index (χ3n) is 3.42. The lowest BCUT2D eigenvalue weighted by Crippen LogP contribution is -2.54. The highest BCUT2D eigenvalue weighted by Crippen LogP contribution is 2.12. The molecule has 158 valence electrons. The molecule has 2 heterocycles. The topological polar surface area (TPSA) is 92.0 Å². The van der Waals surface area contributed by atoms with Crippen LogP contribution in [0.5, 0.6) is 0 Å². The van der Waals surface area contributed by atoms with E-state index in [2.05, 4.69) is 25.9 Å². The Labute approximate surface area is 187 Å². The van der Waals surface area contributed by atoms with Gasteiger partial charge in [0.25, 0.3) is 0 Å². The van der Waals surface area contributed by atoms with Gasteiger partial charge in [-0.3, -0.25) is 4.40 Å². The molecule has 1 amide bonds.